The van der Waals surface area contributed by atoms with Crippen LogP contribution in [-0.2, 0) is 10.0 Å². The first-order chi connectivity index (χ1) is 9.00. The van der Waals surface area contributed by atoms with Crippen LogP contribution < -0.4 is 4.72 Å². The summed E-state index contributed by atoms with van der Waals surface area (Å²) in [5.74, 6) is 0.957. The molecule has 0 saturated carbocycles. The van der Waals surface area contributed by atoms with Crippen molar-refractivity contribution in [3.05, 3.63) is 27.2 Å². The van der Waals surface area contributed by atoms with E-state index in [2.05, 4.69) is 26.6 Å². The molecule has 108 valence electrons. The van der Waals surface area contributed by atoms with Crippen molar-refractivity contribution in [3.63, 3.8) is 0 Å². The van der Waals surface area contributed by atoms with Crippen LogP contribution in [0.3, 0.4) is 0 Å². The molecule has 0 spiro atoms. The number of aromatic carboxylic acids is 1. The number of terminal acetylenes is 1. The lowest BCUT2D eigenvalue weighted by Crippen LogP contribution is -2.42. The molecule has 0 heterocycles. The Kier molecular flexibility index (Phi) is 4.87. The van der Waals surface area contributed by atoms with Crippen molar-refractivity contribution in [3.8, 4) is 12.3 Å². The molecule has 0 unspecified atom stereocenters. The van der Waals surface area contributed by atoms with Crippen LogP contribution in [0.25, 0.3) is 0 Å². The van der Waals surface area contributed by atoms with Gasteiger partial charge in [-0.05, 0) is 41.9 Å². The normalized spacial score (nSPS) is 11.9. The first kappa shape index (κ1) is 17.0. The molecule has 1 aromatic rings. The van der Waals surface area contributed by atoms with Crippen molar-refractivity contribution in [1.29, 1.82) is 0 Å². The van der Waals surface area contributed by atoms with Crippen molar-refractivity contribution < 1.29 is 18.3 Å². The van der Waals surface area contributed by atoms with Crippen molar-refractivity contribution in [1.82, 2.24) is 4.72 Å². The molecule has 0 aromatic heterocycles. The van der Waals surface area contributed by atoms with Crippen LogP contribution in [-0.4, -0.2) is 25.0 Å². The highest BCUT2D eigenvalue weighted by Gasteiger charge is 2.26. The predicted molar refractivity (Wildman–Crippen MR) is 79.3 cm³/mol. The number of hydrogen-bond donors (Lipinski definition) is 2. The lowest BCUT2D eigenvalue weighted by Gasteiger charge is -2.20. The fourth-order valence-corrected chi connectivity index (χ4v) is 3.50. The number of halogens is 2. The Labute approximate surface area is 130 Å². The van der Waals surface area contributed by atoms with Gasteiger partial charge in [0.05, 0.1) is 21.0 Å². The molecule has 8 heteroatoms. The topological polar surface area (TPSA) is 83.5 Å². The fourth-order valence-electron chi connectivity index (χ4n) is 1.30. The Bertz CT molecular complexity index is 707. The Hall–Kier alpha value is -1.07. The Morgan fingerprint density at radius 3 is 2.50 bits per heavy atom. The smallest absolute Gasteiger partial charge is 0.337 e. The summed E-state index contributed by atoms with van der Waals surface area (Å²) in [4.78, 5) is 10.8. The second-order valence-corrected chi connectivity index (χ2v) is 7.36. The van der Waals surface area contributed by atoms with E-state index in [1.807, 2.05) is 0 Å². The van der Waals surface area contributed by atoms with Gasteiger partial charge in [0.1, 0.15) is 0 Å². The van der Waals surface area contributed by atoms with Crippen molar-refractivity contribution >= 4 is 43.5 Å². The van der Waals surface area contributed by atoms with Crippen LogP contribution in [0.4, 0.5) is 0 Å². The van der Waals surface area contributed by atoms with Crippen LogP contribution in [0.1, 0.15) is 24.2 Å². The van der Waals surface area contributed by atoms with E-state index in [4.69, 9.17) is 23.1 Å². The predicted octanol–water partition coefficient (Wildman–Crippen LogP) is 2.49. The van der Waals surface area contributed by atoms with Gasteiger partial charge in [-0.1, -0.05) is 17.5 Å². The summed E-state index contributed by atoms with van der Waals surface area (Å²) in [5, 5.41) is 8.93. The average Bonchev–Trinajstić information content (AvgIpc) is 2.30. The van der Waals surface area contributed by atoms with Gasteiger partial charge in [0.25, 0.3) is 0 Å². The summed E-state index contributed by atoms with van der Waals surface area (Å²) < 4.78 is 26.8. The van der Waals surface area contributed by atoms with E-state index in [9.17, 15) is 13.2 Å². The summed E-state index contributed by atoms with van der Waals surface area (Å²) in [5.41, 5.74) is -1.42. The van der Waals surface area contributed by atoms with E-state index in [0.717, 1.165) is 6.07 Å². The van der Waals surface area contributed by atoms with Gasteiger partial charge in [-0.2, -0.15) is 4.72 Å². The average molecular weight is 381 g/mol. The number of sulfonamides is 1. The molecule has 0 aliphatic carbocycles. The van der Waals surface area contributed by atoms with Crippen LogP contribution in [0.15, 0.2) is 21.5 Å². The van der Waals surface area contributed by atoms with E-state index < -0.39 is 21.5 Å². The van der Waals surface area contributed by atoms with Gasteiger partial charge in [-0.3, -0.25) is 0 Å². The quantitative estimate of drug-likeness (QED) is 0.786. The van der Waals surface area contributed by atoms with Crippen molar-refractivity contribution in [2.24, 2.45) is 0 Å². The zero-order valence-electron chi connectivity index (χ0n) is 10.6. The highest BCUT2D eigenvalue weighted by molar-refractivity contribution is 9.10. The van der Waals surface area contributed by atoms with Gasteiger partial charge >= 0.3 is 5.97 Å². The molecular formula is C12H11BrClNO4S. The molecule has 1 rings (SSSR count). The van der Waals surface area contributed by atoms with Gasteiger partial charge in [-0.15, -0.1) is 6.42 Å². The third kappa shape index (κ3) is 3.73. The van der Waals surface area contributed by atoms with Gasteiger partial charge in [0, 0.05) is 4.47 Å². The zero-order chi connectivity index (χ0) is 15.7. The molecule has 0 fully saturated rings. The summed E-state index contributed by atoms with van der Waals surface area (Å²) in [6.45, 7) is 3.02. The van der Waals surface area contributed by atoms with E-state index in [1.54, 1.807) is 0 Å². The molecule has 2 N–H and O–H groups in total. The highest BCUT2D eigenvalue weighted by atomic mass is 79.9. The van der Waals surface area contributed by atoms with E-state index >= 15 is 0 Å². The molecule has 20 heavy (non-hydrogen) atoms. The van der Waals surface area contributed by atoms with Crippen LogP contribution in [0.5, 0.6) is 0 Å². The summed E-state index contributed by atoms with van der Waals surface area (Å²) in [6, 6.07) is 2.19. The lowest BCUT2D eigenvalue weighted by atomic mass is 10.1. The number of benzene rings is 1. The van der Waals surface area contributed by atoms with Gasteiger partial charge < -0.3 is 5.11 Å². The van der Waals surface area contributed by atoms with Gasteiger partial charge in [0.2, 0.25) is 10.0 Å². The zero-order valence-corrected chi connectivity index (χ0v) is 13.7. The summed E-state index contributed by atoms with van der Waals surface area (Å²) in [7, 11) is -3.97. The monoisotopic (exact) mass is 379 g/mol. The fraction of sp³-hybridized carbons (Fsp3) is 0.250. The maximum atomic E-state index is 12.2. The maximum absolute atomic E-state index is 12.2. The lowest BCUT2D eigenvalue weighted by molar-refractivity contribution is 0.0696. The van der Waals surface area contributed by atoms with E-state index in [1.165, 1.54) is 19.9 Å². The first-order valence-corrected chi connectivity index (χ1v) is 7.89. The molecule has 0 amide bonds. The number of carbonyl (C=O) groups is 1. The Morgan fingerprint density at radius 1 is 1.50 bits per heavy atom. The van der Waals surface area contributed by atoms with Gasteiger partial charge in [0.15, 0.2) is 0 Å². The van der Waals surface area contributed by atoms with Crippen LogP contribution in [0, 0.1) is 12.3 Å². The van der Waals surface area contributed by atoms with Crippen LogP contribution in [0.2, 0.25) is 5.02 Å². The molecule has 5 nitrogen and oxygen atoms in total. The summed E-state index contributed by atoms with van der Waals surface area (Å²) >= 11 is 8.82. The minimum absolute atomic E-state index is 0.0762. The number of nitrogens with one attached hydrogen (secondary N) is 1. The third-order valence-corrected chi connectivity index (χ3v) is 5.19. The number of carboxylic acids is 1. The number of hydrogen-bond acceptors (Lipinski definition) is 3. The molecule has 0 atom stereocenters. The second-order valence-electron chi connectivity index (χ2n) is 4.45. The minimum Gasteiger partial charge on any atom is -0.478 e. The molecule has 0 saturated heterocycles. The largest absolute Gasteiger partial charge is 0.478 e. The SMILES string of the molecule is C#CC(C)(C)NS(=O)(=O)c1cc(Br)c(Cl)c(C(=O)O)c1. The number of rotatable bonds is 4. The minimum atomic E-state index is -3.97. The van der Waals surface area contributed by atoms with Crippen LogP contribution >= 0.6 is 27.5 Å². The van der Waals surface area contributed by atoms with E-state index in [0.29, 0.717) is 0 Å². The maximum Gasteiger partial charge on any atom is 0.337 e. The Balaban J connectivity index is 3.42. The number of carboxylic acid groups (broad SMARTS) is 1. The third-order valence-electron chi connectivity index (χ3n) is 2.29. The molecule has 0 aliphatic heterocycles. The second kappa shape index (κ2) is 5.74. The molecule has 0 bridgehead atoms. The molecule has 0 radical (unpaired) electrons. The Morgan fingerprint density at radius 2 is 2.05 bits per heavy atom. The molecular weight excluding hydrogens is 370 g/mol. The molecule has 0 aliphatic rings. The highest BCUT2D eigenvalue weighted by Crippen LogP contribution is 2.30. The van der Waals surface area contributed by atoms with Crippen molar-refractivity contribution in [2.45, 2.75) is 24.3 Å². The standard InChI is InChI=1S/C12H11BrClNO4S/c1-4-12(2,3)15-20(18,19)7-5-8(11(16)17)10(14)9(13)6-7/h1,5-6,15H,2-3H3,(H,16,17). The van der Waals surface area contributed by atoms with Crippen molar-refractivity contribution in [2.75, 3.05) is 0 Å². The van der Waals surface area contributed by atoms with E-state index in [-0.39, 0.29) is 20.0 Å². The van der Waals surface area contributed by atoms with Gasteiger partial charge in [-0.25, -0.2) is 13.2 Å². The summed E-state index contributed by atoms with van der Waals surface area (Å²) in [6.07, 6.45) is 5.22. The first-order valence-electron chi connectivity index (χ1n) is 5.24. The molecule has 1 aromatic carbocycles.